The second-order valence-corrected chi connectivity index (χ2v) is 7.15. The first-order valence-electron chi connectivity index (χ1n) is 9.57. The van der Waals surface area contributed by atoms with Gasteiger partial charge in [0, 0.05) is 7.05 Å². The number of likely N-dealkylation sites (N-methyl/N-ethyl adjacent to an activating group) is 1. The molecule has 2 amide bonds. The molecule has 1 aliphatic heterocycles. The van der Waals surface area contributed by atoms with Crippen LogP contribution in [0.5, 0.6) is 11.5 Å². The largest absolute Gasteiger partial charge is 0.457 e. The zero-order valence-corrected chi connectivity index (χ0v) is 16.6. The Kier molecular flexibility index (Phi) is 5.29. The summed E-state index contributed by atoms with van der Waals surface area (Å²) in [6, 6.07) is 25.4. The molecular weight excluding hydrogens is 362 g/mol. The lowest BCUT2D eigenvalue weighted by atomic mass is 10.1. The van der Waals surface area contributed by atoms with Crippen LogP contribution < -0.4 is 4.74 Å². The number of nitrogens with zero attached hydrogens (tertiary/aromatic N) is 3. The quantitative estimate of drug-likeness (QED) is 0.591. The number of carbonyl (C=O) groups is 1. The Morgan fingerprint density at radius 3 is 2.24 bits per heavy atom. The number of aryl methyl sites for hydroxylation is 1. The summed E-state index contributed by atoms with van der Waals surface area (Å²) in [7, 11) is 1.80. The van der Waals surface area contributed by atoms with Crippen molar-refractivity contribution in [2.45, 2.75) is 13.5 Å². The molecule has 0 saturated carbocycles. The molecule has 146 valence electrons. The van der Waals surface area contributed by atoms with Crippen LogP contribution in [-0.4, -0.2) is 35.3 Å². The van der Waals surface area contributed by atoms with Crippen LogP contribution in [-0.2, 0) is 6.54 Å². The number of rotatable bonds is 5. The van der Waals surface area contributed by atoms with Crippen LogP contribution in [0.3, 0.4) is 0 Å². The number of benzene rings is 3. The molecule has 1 heterocycles. The molecule has 0 aromatic heterocycles. The zero-order valence-electron chi connectivity index (χ0n) is 16.6. The van der Waals surface area contributed by atoms with Gasteiger partial charge < -0.3 is 9.64 Å². The molecule has 0 unspecified atom stereocenters. The minimum absolute atomic E-state index is 0.0339. The normalized spacial score (nSPS) is 15.2. The van der Waals surface area contributed by atoms with Crippen LogP contribution in [0.4, 0.5) is 10.5 Å². The van der Waals surface area contributed by atoms with Gasteiger partial charge in [-0.2, -0.15) is 0 Å². The average Bonchev–Trinajstić information content (AvgIpc) is 2.99. The van der Waals surface area contributed by atoms with Gasteiger partial charge in [-0.15, -0.1) is 0 Å². The van der Waals surface area contributed by atoms with Gasteiger partial charge in [0.05, 0.1) is 18.8 Å². The molecule has 5 nitrogen and oxygen atoms in total. The van der Waals surface area contributed by atoms with Crippen molar-refractivity contribution in [3.8, 4) is 11.5 Å². The third kappa shape index (κ3) is 4.46. The molecular formula is C24H23N3O2. The highest BCUT2D eigenvalue weighted by Gasteiger charge is 2.31. The molecule has 0 N–H and O–H groups in total. The van der Waals surface area contributed by atoms with E-state index in [-0.39, 0.29) is 6.03 Å². The zero-order chi connectivity index (χ0) is 20.2. The average molecular weight is 385 g/mol. The lowest BCUT2D eigenvalue weighted by Crippen LogP contribution is -2.31. The maximum absolute atomic E-state index is 12.6. The van der Waals surface area contributed by atoms with Crippen LogP contribution in [0.15, 0.2) is 83.9 Å². The van der Waals surface area contributed by atoms with Crippen molar-refractivity contribution in [3.63, 3.8) is 0 Å². The predicted octanol–water partition coefficient (Wildman–Crippen LogP) is 5.38. The van der Waals surface area contributed by atoms with Gasteiger partial charge in [0.2, 0.25) is 0 Å². The molecule has 3 aromatic carbocycles. The molecule has 0 bridgehead atoms. The third-order valence-electron chi connectivity index (χ3n) is 4.78. The molecule has 29 heavy (non-hydrogen) atoms. The lowest BCUT2D eigenvalue weighted by molar-refractivity contribution is 0.203. The monoisotopic (exact) mass is 385 g/mol. The van der Waals surface area contributed by atoms with E-state index in [1.54, 1.807) is 16.8 Å². The highest BCUT2D eigenvalue weighted by molar-refractivity contribution is 6.05. The number of ether oxygens (including phenoxy) is 1. The van der Waals surface area contributed by atoms with Crippen LogP contribution in [0, 0.1) is 6.92 Å². The van der Waals surface area contributed by atoms with Gasteiger partial charge in [0.1, 0.15) is 17.3 Å². The Balaban J connectivity index is 1.51. The summed E-state index contributed by atoms with van der Waals surface area (Å²) in [5, 5.41) is 0. The minimum Gasteiger partial charge on any atom is -0.457 e. The van der Waals surface area contributed by atoms with Crippen LogP contribution >= 0.6 is 0 Å². The molecule has 0 spiro atoms. The van der Waals surface area contributed by atoms with Gasteiger partial charge in [-0.05, 0) is 48.9 Å². The number of hydrogen-bond acceptors (Lipinski definition) is 3. The summed E-state index contributed by atoms with van der Waals surface area (Å²) < 4.78 is 5.83. The SMILES string of the molecule is Cc1ccc(CN2C(=O)N(C)CC2=Nc2ccc(Oc3ccccc3)cc2)cc1. The van der Waals surface area contributed by atoms with Crippen molar-refractivity contribution < 1.29 is 9.53 Å². The number of hydrogen-bond donors (Lipinski definition) is 0. The summed E-state index contributed by atoms with van der Waals surface area (Å²) in [6.07, 6.45) is 0. The van der Waals surface area contributed by atoms with Gasteiger partial charge in [-0.3, -0.25) is 4.90 Å². The van der Waals surface area contributed by atoms with Gasteiger partial charge in [-0.25, -0.2) is 9.79 Å². The Hall–Kier alpha value is -3.60. The maximum atomic E-state index is 12.6. The van der Waals surface area contributed by atoms with Gasteiger partial charge in [0.15, 0.2) is 0 Å². The highest BCUT2D eigenvalue weighted by Crippen LogP contribution is 2.25. The minimum atomic E-state index is -0.0339. The number of carbonyl (C=O) groups excluding carboxylic acids is 1. The molecule has 0 aliphatic carbocycles. The van der Waals surface area contributed by atoms with Crippen molar-refractivity contribution in [1.82, 2.24) is 9.80 Å². The van der Waals surface area contributed by atoms with Crippen LogP contribution in [0.25, 0.3) is 0 Å². The van der Waals surface area contributed by atoms with E-state index in [0.29, 0.717) is 13.1 Å². The Labute approximate surface area is 170 Å². The van der Waals surface area contributed by atoms with Crippen molar-refractivity contribution >= 4 is 17.6 Å². The number of aliphatic imine (C=N–C) groups is 1. The first kappa shape index (κ1) is 18.7. The fourth-order valence-electron chi connectivity index (χ4n) is 3.17. The summed E-state index contributed by atoms with van der Waals surface area (Å²) in [6.45, 7) is 3.06. The standard InChI is InChI=1S/C24H23N3O2/c1-18-8-10-19(11-9-18)16-27-23(17-26(2)24(27)28)25-20-12-14-22(15-13-20)29-21-6-4-3-5-7-21/h3-15H,16-17H2,1-2H3. The Morgan fingerprint density at radius 1 is 0.897 bits per heavy atom. The summed E-state index contributed by atoms with van der Waals surface area (Å²) in [5.41, 5.74) is 3.07. The molecule has 0 atom stereocenters. The van der Waals surface area contributed by atoms with E-state index in [2.05, 4.69) is 19.1 Å². The van der Waals surface area contributed by atoms with E-state index >= 15 is 0 Å². The number of amidine groups is 1. The van der Waals surface area contributed by atoms with E-state index in [9.17, 15) is 4.79 Å². The van der Waals surface area contributed by atoms with E-state index in [0.717, 1.165) is 28.6 Å². The van der Waals surface area contributed by atoms with E-state index in [4.69, 9.17) is 9.73 Å². The van der Waals surface area contributed by atoms with Crippen LogP contribution in [0.1, 0.15) is 11.1 Å². The van der Waals surface area contributed by atoms with Crippen molar-refractivity contribution in [2.75, 3.05) is 13.6 Å². The van der Waals surface area contributed by atoms with Crippen molar-refractivity contribution in [3.05, 3.63) is 90.0 Å². The fourth-order valence-corrected chi connectivity index (χ4v) is 3.17. The molecule has 1 aliphatic rings. The molecule has 1 fully saturated rings. The number of para-hydroxylation sites is 1. The summed E-state index contributed by atoms with van der Waals surface area (Å²) in [4.78, 5) is 20.7. The maximum Gasteiger partial charge on any atom is 0.325 e. The van der Waals surface area contributed by atoms with E-state index < -0.39 is 0 Å². The highest BCUT2D eigenvalue weighted by atomic mass is 16.5. The first-order valence-corrected chi connectivity index (χ1v) is 9.57. The van der Waals surface area contributed by atoms with Crippen LogP contribution in [0.2, 0.25) is 0 Å². The molecule has 4 rings (SSSR count). The van der Waals surface area contributed by atoms with Crippen molar-refractivity contribution in [1.29, 1.82) is 0 Å². The lowest BCUT2D eigenvalue weighted by Gasteiger charge is -2.16. The van der Waals surface area contributed by atoms with Crippen molar-refractivity contribution in [2.24, 2.45) is 4.99 Å². The smallest absolute Gasteiger partial charge is 0.325 e. The van der Waals surface area contributed by atoms with E-state index in [1.165, 1.54) is 5.56 Å². The second-order valence-electron chi connectivity index (χ2n) is 7.15. The number of urea groups is 1. The predicted molar refractivity (Wildman–Crippen MR) is 115 cm³/mol. The summed E-state index contributed by atoms with van der Waals surface area (Å²) >= 11 is 0. The third-order valence-corrected chi connectivity index (χ3v) is 4.78. The summed E-state index contributed by atoms with van der Waals surface area (Å²) in [5.74, 6) is 2.28. The second kappa shape index (κ2) is 8.19. The number of amides is 2. The van der Waals surface area contributed by atoms with Gasteiger partial charge in [-0.1, -0.05) is 48.0 Å². The first-order chi connectivity index (χ1) is 14.1. The Bertz CT molecular complexity index is 1010. The van der Waals surface area contributed by atoms with E-state index in [1.807, 2.05) is 66.7 Å². The molecule has 0 radical (unpaired) electrons. The van der Waals surface area contributed by atoms with Gasteiger partial charge >= 0.3 is 6.03 Å². The Morgan fingerprint density at radius 2 is 1.55 bits per heavy atom. The topological polar surface area (TPSA) is 45.1 Å². The molecule has 1 saturated heterocycles. The molecule has 3 aromatic rings. The van der Waals surface area contributed by atoms with Gasteiger partial charge in [0.25, 0.3) is 0 Å². The fraction of sp³-hybridized carbons (Fsp3) is 0.167. The molecule has 5 heteroatoms.